The molecular formula is C13H15ClFNO3. The molecule has 6 heteroatoms. The normalized spacial score (nSPS) is 12.3. The summed E-state index contributed by atoms with van der Waals surface area (Å²) in [6.07, 6.45) is 0. The van der Waals surface area contributed by atoms with Crippen molar-refractivity contribution >= 4 is 23.5 Å². The molecule has 1 aromatic rings. The number of rotatable bonds is 4. The van der Waals surface area contributed by atoms with Gasteiger partial charge in [0.15, 0.2) is 6.04 Å². The van der Waals surface area contributed by atoms with E-state index in [2.05, 4.69) is 0 Å². The number of carboxylic acids is 1. The van der Waals surface area contributed by atoms with Gasteiger partial charge in [0.05, 0.1) is 0 Å². The Morgan fingerprint density at radius 3 is 2.26 bits per heavy atom. The monoisotopic (exact) mass is 287 g/mol. The fourth-order valence-electron chi connectivity index (χ4n) is 2.00. The second kappa shape index (κ2) is 6.02. The Morgan fingerprint density at radius 2 is 1.89 bits per heavy atom. The molecule has 1 rings (SSSR count). The molecule has 1 amide bonds. The number of benzene rings is 1. The summed E-state index contributed by atoms with van der Waals surface area (Å²) < 4.78 is 13.3. The van der Waals surface area contributed by atoms with Crippen LogP contribution in [0.4, 0.5) is 4.39 Å². The Balaban J connectivity index is 3.34. The number of amides is 1. The summed E-state index contributed by atoms with van der Waals surface area (Å²) in [6, 6.07) is 1.91. The molecule has 0 aliphatic carbocycles. The molecule has 0 aromatic heterocycles. The van der Waals surface area contributed by atoms with Crippen molar-refractivity contribution in [2.75, 3.05) is 0 Å². The first-order valence-electron chi connectivity index (χ1n) is 5.71. The average molecular weight is 288 g/mol. The molecule has 0 fully saturated rings. The topological polar surface area (TPSA) is 57.6 Å². The Hall–Kier alpha value is -1.62. The fourth-order valence-corrected chi connectivity index (χ4v) is 2.23. The molecule has 0 saturated carbocycles. The van der Waals surface area contributed by atoms with Gasteiger partial charge < -0.3 is 10.0 Å². The van der Waals surface area contributed by atoms with Crippen molar-refractivity contribution in [3.63, 3.8) is 0 Å². The van der Waals surface area contributed by atoms with Crippen LogP contribution < -0.4 is 0 Å². The first kappa shape index (κ1) is 15.4. The number of carboxylic acid groups (broad SMARTS) is 1. The van der Waals surface area contributed by atoms with Crippen molar-refractivity contribution in [1.82, 2.24) is 4.90 Å². The third kappa shape index (κ3) is 3.67. The quantitative estimate of drug-likeness (QED) is 0.926. The lowest BCUT2D eigenvalue weighted by Crippen LogP contribution is -2.42. The van der Waals surface area contributed by atoms with Crippen LogP contribution in [-0.2, 0) is 9.59 Å². The highest BCUT2D eigenvalue weighted by Crippen LogP contribution is 2.27. The summed E-state index contributed by atoms with van der Waals surface area (Å²) >= 11 is 5.73. The fraction of sp³-hybridized carbons (Fsp3) is 0.385. The lowest BCUT2D eigenvalue weighted by molar-refractivity contribution is -0.151. The zero-order valence-electron chi connectivity index (χ0n) is 10.9. The van der Waals surface area contributed by atoms with Crippen molar-refractivity contribution in [1.29, 1.82) is 0 Å². The van der Waals surface area contributed by atoms with E-state index in [9.17, 15) is 19.1 Å². The van der Waals surface area contributed by atoms with E-state index < -0.39 is 23.7 Å². The van der Waals surface area contributed by atoms with E-state index in [0.717, 1.165) is 12.1 Å². The Labute approximate surface area is 115 Å². The molecule has 1 aromatic carbocycles. The van der Waals surface area contributed by atoms with Gasteiger partial charge in [0.1, 0.15) is 5.82 Å². The molecule has 19 heavy (non-hydrogen) atoms. The molecule has 1 atom stereocenters. The summed E-state index contributed by atoms with van der Waals surface area (Å²) in [5.41, 5.74) is 0.140. The molecule has 0 radical (unpaired) electrons. The maximum Gasteiger partial charge on any atom is 0.331 e. The van der Waals surface area contributed by atoms with Crippen LogP contribution in [0.15, 0.2) is 18.2 Å². The van der Waals surface area contributed by atoms with Gasteiger partial charge in [-0.05, 0) is 37.6 Å². The second-order valence-corrected chi connectivity index (χ2v) is 4.90. The summed E-state index contributed by atoms with van der Waals surface area (Å²) in [5.74, 6) is -2.27. The van der Waals surface area contributed by atoms with Gasteiger partial charge in [-0.25, -0.2) is 9.18 Å². The van der Waals surface area contributed by atoms with Gasteiger partial charge in [-0.1, -0.05) is 11.6 Å². The first-order valence-corrected chi connectivity index (χ1v) is 6.09. The van der Waals surface area contributed by atoms with Crippen LogP contribution in [0.2, 0.25) is 5.02 Å². The molecular weight excluding hydrogens is 273 g/mol. The van der Waals surface area contributed by atoms with E-state index >= 15 is 0 Å². The van der Waals surface area contributed by atoms with Crippen LogP contribution in [-0.4, -0.2) is 27.9 Å². The number of carbonyl (C=O) groups is 2. The number of halogens is 2. The van der Waals surface area contributed by atoms with Crippen LogP contribution in [0.1, 0.15) is 32.4 Å². The van der Waals surface area contributed by atoms with E-state index in [1.807, 2.05) is 0 Å². The van der Waals surface area contributed by atoms with Gasteiger partial charge in [-0.2, -0.15) is 0 Å². The minimum Gasteiger partial charge on any atom is -0.479 e. The number of carbonyl (C=O) groups excluding carboxylic acids is 1. The van der Waals surface area contributed by atoms with Gasteiger partial charge >= 0.3 is 5.97 Å². The highest BCUT2D eigenvalue weighted by molar-refractivity contribution is 6.30. The number of hydrogen-bond acceptors (Lipinski definition) is 2. The second-order valence-electron chi connectivity index (χ2n) is 4.46. The first-order chi connectivity index (χ1) is 8.73. The van der Waals surface area contributed by atoms with E-state index in [1.165, 1.54) is 17.9 Å². The Morgan fingerprint density at radius 1 is 1.32 bits per heavy atom. The number of aliphatic carboxylic acids is 1. The molecule has 0 aliphatic rings. The molecule has 0 bridgehead atoms. The number of nitrogens with zero attached hydrogens (tertiary/aromatic N) is 1. The van der Waals surface area contributed by atoms with Crippen LogP contribution in [0.5, 0.6) is 0 Å². The Kier molecular flexibility index (Phi) is 4.89. The maximum absolute atomic E-state index is 13.3. The lowest BCUT2D eigenvalue weighted by atomic mass is 10.0. The van der Waals surface area contributed by atoms with Crippen LogP contribution in [0.3, 0.4) is 0 Å². The minimum atomic E-state index is -1.26. The predicted octanol–water partition coefficient (Wildman–Crippen LogP) is 2.86. The van der Waals surface area contributed by atoms with Crippen molar-refractivity contribution in [3.8, 4) is 0 Å². The van der Waals surface area contributed by atoms with Crippen molar-refractivity contribution in [2.24, 2.45) is 0 Å². The summed E-state index contributed by atoms with van der Waals surface area (Å²) in [4.78, 5) is 24.2. The maximum atomic E-state index is 13.3. The standard InChI is InChI=1S/C13H15ClFNO3/c1-7(2)16(8(3)17)12(13(18)19)9-4-10(14)6-11(15)5-9/h4-7,12H,1-3H3,(H,18,19). The third-order valence-electron chi connectivity index (χ3n) is 2.63. The zero-order chi connectivity index (χ0) is 14.7. The molecule has 0 spiro atoms. The predicted molar refractivity (Wildman–Crippen MR) is 69.4 cm³/mol. The molecule has 1 unspecified atom stereocenters. The van der Waals surface area contributed by atoms with Crippen LogP contribution >= 0.6 is 11.6 Å². The molecule has 4 nitrogen and oxygen atoms in total. The Bertz CT molecular complexity index is 484. The summed E-state index contributed by atoms with van der Waals surface area (Å²) in [5, 5.41) is 9.41. The molecule has 104 valence electrons. The third-order valence-corrected chi connectivity index (χ3v) is 2.85. The van der Waals surface area contributed by atoms with Gasteiger partial charge in [-0.15, -0.1) is 0 Å². The smallest absolute Gasteiger partial charge is 0.331 e. The number of hydrogen-bond donors (Lipinski definition) is 1. The largest absolute Gasteiger partial charge is 0.479 e. The molecule has 0 heterocycles. The van der Waals surface area contributed by atoms with Crippen LogP contribution in [0.25, 0.3) is 0 Å². The zero-order valence-corrected chi connectivity index (χ0v) is 11.6. The van der Waals surface area contributed by atoms with Crippen molar-refractivity contribution in [3.05, 3.63) is 34.6 Å². The highest BCUT2D eigenvalue weighted by atomic mass is 35.5. The molecule has 0 aliphatic heterocycles. The summed E-state index contributed by atoms with van der Waals surface area (Å²) in [7, 11) is 0. The van der Waals surface area contributed by atoms with Crippen molar-refractivity contribution in [2.45, 2.75) is 32.9 Å². The highest BCUT2D eigenvalue weighted by Gasteiger charge is 2.31. The van der Waals surface area contributed by atoms with E-state index in [1.54, 1.807) is 13.8 Å². The summed E-state index contributed by atoms with van der Waals surface area (Å²) in [6.45, 7) is 4.66. The molecule has 0 saturated heterocycles. The lowest BCUT2D eigenvalue weighted by Gasteiger charge is -2.31. The molecule has 1 N–H and O–H groups in total. The van der Waals surface area contributed by atoms with Crippen LogP contribution in [0, 0.1) is 5.82 Å². The van der Waals surface area contributed by atoms with E-state index in [4.69, 9.17) is 11.6 Å². The van der Waals surface area contributed by atoms with E-state index in [-0.39, 0.29) is 16.6 Å². The van der Waals surface area contributed by atoms with Gasteiger partial charge in [-0.3, -0.25) is 4.79 Å². The minimum absolute atomic E-state index is 0.0912. The van der Waals surface area contributed by atoms with Crippen molar-refractivity contribution < 1.29 is 19.1 Å². The SMILES string of the molecule is CC(=O)N(C(C)C)C(C(=O)O)c1cc(F)cc(Cl)c1. The van der Waals surface area contributed by atoms with Gasteiger partial charge in [0, 0.05) is 18.0 Å². The average Bonchev–Trinajstić information content (AvgIpc) is 2.22. The van der Waals surface area contributed by atoms with Gasteiger partial charge in [0.25, 0.3) is 0 Å². The van der Waals surface area contributed by atoms with E-state index in [0.29, 0.717) is 0 Å². The van der Waals surface area contributed by atoms with Gasteiger partial charge in [0.2, 0.25) is 5.91 Å².